The SMILES string of the molecule is CO[C@@H]1CCCC[C@@H](N(C)C(=O)Cn2ccc(C(F)(F)F)n2)[C@H]1O. The summed E-state index contributed by atoms with van der Waals surface area (Å²) in [5.74, 6) is -0.410. The van der Waals surface area contributed by atoms with E-state index in [4.69, 9.17) is 4.74 Å². The Morgan fingerprint density at radius 3 is 2.71 bits per heavy atom. The molecule has 1 amide bonds. The van der Waals surface area contributed by atoms with Gasteiger partial charge in [-0.05, 0) is 18.9 Å². The van der Waals surface area contributed by atoms with Crippen molar-refractivity contribution in [2.24, 2.45) is 0 Å². The molecule has 6 nitrogen and oxygen atoms in total. The van der Waals surface area contributed by atoms with E-state index in [1.54, 1.807) is 7.05 Å². The number of halogens is 3. The Morgan fingerprint density at radius 2 is 2.12 bits per heavy atom. The van der Waals surface area contributed by atoms with E-state index in [1.807, 2.05) is 0 Å². The summed E-state index contributed by atoms with van der Waals surface area (Å²) >= 11 is 0. The summed E-state index contributed by atoms with van der Waals surface area (Å²) in [6.45, 7) is -0.312. The number of aromatic nitrogens is 2. The van der Waals surface area contributed by atoms with Crippen LogP contribution in [0.4, 0.5) is 13.2 Å². The van der Waals surface area contributed by atoms with Crippen LogP contribution in [0.5, 0.6) is 0 Å². The average molecular weight is 349 g/mol. The van der Waals surface area contributed by atoms with Gasteiger partial charge in [0.05, 0.1) is 12.1 Å². The van der Waals surface area contributed by atoms with E-state index in [-0.39, 0.29) is 12.6 Å². The monoisotopic (exact) mass is 349 g/mol. The molecule has 9 heteroatoms. The minimum atomic E-state index is -4.54. The molecule has 1 aromatic heterocycles. The first-order chi connectivity index (χ1) is 11.2. The largest absolute Gasteiger partial charge is 0.435 e. The summed E-state index contributed by atoms with van der Waals surface area (Å²) < 4.78 is 43.9. The Bertz CT molecular complexity index is 562. The van der Waals surface area contributed by atoms with Gasteiger partial charge < -0.3 is 14.7 Å². The lowest BCUT2D eigenvalue weighted by Crippen LogP contribution is -2.49. The average Bonchev–Trinajstić information content (AvgIpc) is 2.90. The van der Waals surface area contributed by atoms with Crippen LogP contribution in [-0.2, 0) is 22.3 Å². The number of carbonyl (C=O) groups is 1. The highest BCUT2D eigenvalue weighted by Crippen LogP contribution is 2.27. The van der Waals surface area contributed by atoms with E-state index in [9.17, 15) is 23.1 Å². The number of hydrogen-bond acceptors (Lipinski definition) is 4. The molecular weight excluding hydrogens is 327 g/mol. The van der Waals surface area contributed by atoms with Gasteiger partial charge >= 0.3 is 6.18 Å². The third-order valence-electron chi connectivity index (χ3n) is 4.44. The zero-order valence-electron chi connectivity index (χ0n) is 13.7. The standard InChI is InChI=1S/C15H22F3N3O3/c1-20(10-5-3-4-6-11(24-2)14(10)23)13(22)9-21-8-7-12(19-21)15(16,17)18/h7-8,10-11,14,23H,3-6,9H2,1-2H3/t10-,11-,14-/m1/s1. The van der Waals surface area contributed by atoms with Crippen molar-refractivity contribution in [1.29, 1.82) is 0 Å². The van der Waals surface area contributed by atoms with E-state index in [1.165, 1.54) is 12.0 Å². The molecule has 0 saturated heterocycles. The van der Waals surface area contributed by atoms with Crippen molar-refractivity contribution in [3.63, 3.8) is 0 Å². The van der Waals surface area contributed by atoms with Gasteiger partial charge in [0, 0.05) is 20.4 Å². The van der Waals surface area contributed by atoms with Crippen LogP contribution in [0.25, 0.3) is 0 Å². The predicted molar refractivity (Wildman–Crippen MR) is 79.1 cm³/mol. The lowest BCUT2D eigenvalue weighted by Gasteiger charge is -2.33. The van der Waals surface area contributed by atoms with Crippen molar-refractivity contribution in [2.45, 2.75) is 56.7 Å². The summed E-state index contributed by atoms with van der Waals surface area (Å²) in [7, 11) is 3.06. The van der Waals surface area contributed by atoms with Gasteiger partial charge in [0.2, 0.25) is 5.91 Å². The van der Waals surface area contributed by atoms with Crippen LogP contribution in [0.3, 0.4) is 0 Å². The van der Waals surface area contributed by atoms with E-state index >= 15 is 0 Å². The Kier molecular flexibility index (Phi) is 5.87. The molecule has 0 bridgehead atoms. The van der Waals surface area contributed by atoms with E-state index in [0.29, 0.717) is 12.8 Å². The quantitative estimate of drug-likeness (QED) is 0.840. The number of aliphatic hydroxyl groups is 1. The predicted octanol–water partition coefficient (Wildman–Crippen LogP) is 1.68. The third-order valence-corrected chi connectivity index (χ3v) is 4.44. The van der Waals surface area contributed by atoms with Gasteiger partial charge in [-0.3, -0.25) is 9.48 Å². The summed E-state index contributed by atoms with van der Waals surface area (Å²) in [4.78, 5) is 13.7. The van der Waals surface area contributed by atoms with E-state index < -0.39 is 29.9 Å². The number of likely N-dealkylation sites (N-methyl/N-ethyl adjacent to an activating group) is 1. The molecule has 1 saturated carbocycles. The number of alkyl halides is 3. The summed E-state index contributed by atoms with van der Waals surface area (Å²) in [6.07, 6.45) is -1.52. The third kappa shape index (κ3) is 4.27. The number of hydrogen-bond donors (Lipinski definition) is 1. The van der Waals surface area contributed by atoms with Crippen LogP contribution in [0, 0.1) is 0 Å². The Morgan fingerprint density at radius 1 is 1.46 bits per heavy atom. The maximum atomic E-state index is 12.5. The second-order valence-corrected chi connectivity index (χ2v) is 6.02. The number of amides is 1. The molecule has 0 unspecified atom stereocenters. The Balaban J connectivity index is 2.04. The first kappa shape index (κ1) is 18.7. The highest BCUT2D eigenvalue weighted by Gasteiger charge is 2.36. The smallest absolute Gasteiger partial charge is 0.388 e. The number of carbonyl (C=O) groups excluding carboxylic acids is 1. The molecule has 0 aromatic carbocycles. The molecule has 1 N–H and O–H groups in total. The molecule has 2 rings (SSSR count). The van der Waals surface area contributed by atoms with Gasteiger partial charge in [-0.15, -0.1) is 0 Å². The van der Waals surface area contributed by atoms with Gasteiger partial charge in [-0.2, -0.15) is 18.3 Å². The van der Waals surface area contributed by atoms with Crippen LogP contribution in [0.2, 0.25) is 0 Å². The van der Waals surface area contributed by atoms with Crippen LogP contribution in [-0.4, -0.2) is 58.1 Å². The zero-order chi connectivity index (χ0) is 17.9. The lowest BCUT2D eigenvalue weighted by atomic mass is 10.0. The minimum Gasteiger partial charge on any atom is -0.388 e. The highest BCUT2D eigenvalue weighted by atomic mass is 19.4. The molecule has 24 heavy (non-hydrogen) atoms. The number of methoxy groups -OCH3 is 1. The minimum absolute atomic E-state index is 0.312. The summed E-state index contributed by atoms with van der Waals surface area (Å²) in [5, 5.41) is 13.8. The van der Waals surface area contributed by atoms with Crippen LogP contribution >= 0.6 is 0 Å². The Hall–Kier alpha value is -1.61. The topological polar surface area (TPSA) is 67.6 Å². The van der Waals surface area contributed by atoms with Gasteiger partial charge in [0.15, 0.2) is 5.69 Å². The molecule has 1 aromatic rings. The molecule has 0 radical (unpaired) electrons. The molecular formula is C15H22F3N3O3. The second-order valence-electron chi connectivity index (χ2n) is 6.02. The van der Waals surface area contributed by atoms with Crippen molar-refractivity contribution in [1.82, 2.24) is 14.7 Å². The maximum Gasteiger partial charge on any atom is 0.435 e. The first-order valence-electron chi connectivity index (χ1n) is 7.81. The number of ether oxygens (including phenoxy) is 1. The molecule has 1 aliphatic carbocycles. The van der Waals surface area contributed by atoms with E-state index in [0.717, 1.165) is 29.8 Å². The first-order valence-corrected chi connectivity index (χ1v) is 7.81. The van der Waals surface area contributed by atoms with Crippen LogP contribution in [0.15, 0.2) is 12.3 Å². The molecule has 1 heterocycles. The molecule has 3 atom stereocenters. The van der Waals surface area contributed by atoms with Gasteiger partial charge in [-0.25, -0.2) is 0 Å². The molecule has 0 spiro atoms. The number of aliphatic hydroxyl groups excluding tert-OH is 1. The van der Waals surface area contributed by atoms with Crippen molar-refractivity contribution in [3.8, 4) is 0 Å². The van der Waals surface area contributed by atoms with Crippen molar-refractivity contribution in [2.75, 3.05) is 14.2 Å². The fraction of sp³-hybridized carbons (Fsp3) is 0.733. The molecule has 0 aliphatic heterocycles. The fourth-order valence-corrected chi connectivity index (χ4v) is 3.00. The number of rotatable bonds is 4. The maximum absolute atomic E-state index is 12.5. The lowest BCUT2D eigenvalue weighted by molar-refractivity contribution is -0.143. The van der Waals surface area contributed by atoms with Gasteiger partial charge in [0.1, 0.15) is 12.6 Å². The van der Waals surface area contributed by atoms with Crippen molar-refractivity contribution >= 4 is 5.91 Å². The van der Waals surface area contributed by atoms with Gasteiger partial charge in [-0.1, -0.05) is 12.8 Å². The van der Waals surface area contributed by atoms with Crippen LogP contribution in [0.1, 0.15) is 31.4 Å². The molecule has 1 aliphatic rings. The van der Waals surface area contributed by atoms with Crippen LogP contribution < -0.4 is 0 Å². The molecule has 136 valence electrons. The second kappa shape index (κ2) is 7.52. The number of nitrogens with zero attached hydrogens (tertiary/aromatic N) is 3. The fourth-order valence-electron chi connectivity index (χ4n) is 3.00. The summed E-state index contributed by atoms with van der Waals surface area (Å²) in [5.41, 5.74) is -1.04. The van der Waals surface area contributed by atoms with Crippen molar-refractivity contribution < 1.29 is 27.8 Å². The normalized spacial score (nSPS) is 25.3. The Labute approximate surface area is 138 Å². The van der Waals surface area contributed by atoms with E-state index in [2.05, 4.69) is 5.10 Å². The zero-order valence-corrected chi connectivity index (χ0v) is 13.7. The summed E-state index contributed by atoms with van der Waals surface area (Å²) in [6, 6.07) is 0.400. The van der Waals surface area contributed by atoms with Gasteiger partial charge in [0.25, 0.3) is 0 Å². The highest BCUT2D eigenvalue weighted by molar-refractivity contribution is 5.76. The molecule has 1 fully saturated rings. The van der Waals surface area contributed by atoms with Crippen molar-refractivity contribution in [3.05, 3.63) is 18.0 Å².